The van der Waals surface area contributed by atoms with Crippen LogP contribution in [0.5, 0.6) is 5.75 Å². The van der Waals surface area contributed by atoms with Crippen molar-refractivity contribution in [3.8, 4) is 11.4 Å². The number of carbonyl (C=O) groups excluding carboxylic acids is 4. The van der Waals surface area contributed by atoms with Gasteiger partial charge in [-0.3, -0.25) is 14.4 Å². The van der Waals surface area contributed by atoms with Crippen molar-refractivity contribution in [2.75, 3.05) is 26.9 Å². The van der Waals surface area contributed by atoms with Crippen LogP contribution < -0.4 is 10.1 Å². The first-order valence-electron chi connectivity index (χ1n) is 10.8. The fourth-order valence-electron chi connectivity index (χ4n) is 3.47. The highest BCUT2D eigenvalue weighted by molar-refractivity contribution is 5.99. The molecule has 182 valence electrons. The number of carbonyl (C=O) groups is 4. The fraction of sp³-hybridized carbons (Fsp3) is 0.231. The van der Waals surface area contributed by atoms with E-state index in [0.717, 1.165) is 11.4 Å². The molecule has 0 saturated carbocycles. The van der Waals surface area contributed by atoms with Gasteiger partial charge in [0.2, 0.25) is 5.78 Å². The molecule has 1 heterocycles. The van der Waals surface area contributed by atoms with Gasteiger partial charge < -0.3 is 24.1 Å². The normalized spacial score (nSPS) is 10.4. The molecule has 1 N–H and O–H groups in total. The summed E-state index contributed by atoms with van der Waals surface area (Å²) in [6, 6.07) is 17.3. The summed E-state index contributed by atoms with van der Waals surface area (Å²) in [5.74, 6) is -1.50. The maximum atomic E-state index is 12.7. The Labute approximate surface area is 202 Å². The van der Waals surface area contributed by atoms with Gasteiger partial charge in [0.05, 0.1) is 12.7 Å². The molecular weight excluding hydrogens is 452 g/mol. The molecule has 1 aromatic heterocycles. The maximum Gasteiger partial charge on any atom is 0.337 e. The number of ketones is 1. The lowest BCUT2D eigenvalue weighted by Crippen LogP contribution is -2.34. The number of methoxy groups -OCH3 is 1. The number of benzene rings is 2. The van der Waals surface area contributed by atoms with Crippen LogP contribution in [-0.4, -0.2) is 55.1 Å². The van der Waals surface area contributed by atoms with Crippen molar-refractivity contribution in [2.24, 2.45) is 0 Å². The van der Waals surface area contributed by atoms with Crippen molar-refractivity contribution in [3.05, 3.63) is 83.2 Å². The van der Waals surface area contributed by atoms with E-state index in [1.54, 1.807) is 61.5 Å². The predicted octanol–water partition coefficient (Wildman–Crippen LogP) is 2.80. The molecule has 0 radical (unpaired) electrons. The lowest BCUT2D eigenvalue weighted by atomic mass is 10.1. The summed E-state index contributed by atoms with van der Waals surface area (Å²) in [5.41, 5.74) is 3.06. The molecule has 3 aromatic rings. The van der Waals surface area contributed by atoms with Crippen molar-refractivity contribution in [2.45, 2.75) is 13.8 Å². The Morgan fingerprint density at radius 3 is 2.26 bits per heavy atom. The molecule has 1 amide bonds. The molecule has 9 heteroatoms. The van der Waals surface area contributed by atoms with Crippen LogP contribution in [0.25, 0.3) is 5.69 Å². The largest absolute Gasteiger partial charge is 0.484 e. The molecule has 3 rings (SSSR count). The summed E-state index contributed by atoms with van der Waals surface area (Å²) in [5, 5.41) is 2.39. The number of aryl methyl sites for hydroxylation is 1. The maximum absolute atomic E-state index is 12.7. The van der Waals surface area contributed by atoms with Crippen molar-refractivity contribution >= 4 is 23.6 Å². The van der Waals surface area contributed by atoms with E-state index in [9.17, 15) is 19.2 Å². The zero-order valence-electron chi connectivity index (χ0n) is 19.7. The molecule has 35 heavy (non-hydrogen) atoms. The van der Waals surface area contributed by atoms with Gasteiger partial charge in [0.15, 0.2) is 13.2 Å². The number of nitrogens with zero attached hydrogens (tertiary/aromatic N) is 1. The predicted molar refractivity (Wildman–Crippen MR) is 127 cm³/mol. The minimum absolute atomic E-state index is 0.247. The van der Waals surface area contributed by atoms with Crippen LogP contribution in [0.1, 0.15) is 32.1 Å². The number of hydrogen-bond donors (Lipinski definition) is 1. The van der Waals surface area contributed by atoms with E-state index in [1.807, 2.05) is 17.6 Å². The molecule has 0 aliphatic carbocycles. The first-order valence-corrected chi connectivity index (χ1v) is 10.8. The number of para-hydroxylation sites is 1. The SMILES string of the molecule is COC(=O)c1ccc(-n2c(C)cc(C(=O)COC(=O)CNC(=O)COc3ccccc3)c2C)cc1. The highest BCUT2D eigenvalue weighted by Crippen LogP contribution is 2.22. The highest BCUT2D eigenvalue weighted by Gasteiger charge is 2.19. The third-order valence-corrected chi connectivity index (χ3v) is 5.19. The number of ether oxygens (including phenoxy) is 3. The van der Waals surface area contributed by atoms with Crippen molar-refractivity contribution in [1.29, 1.82) is 0 Å². The summed E-state index contributed by atoms with van der Waals surface area (Å²) < 4.78 is 16.9. The van der Waals surface area contributed by atoms with Gasteiger partial charge >= 0.3 is 11.9 Å². The fourth-order valence-corrected chi connectivity index (χ4v) is 3.47. The van der Waals surface area contributed by atoms with Crippen LogP contribution in [0.4, 0.5) is 0 Å². The van der Waals surface area contributed by atoms with Gasteiger partial charge in [0.1, 0.15) is 12.3 Å². The number of aromatic nitrogens is 1. The first kappa shape index (κ1) is 25.2. The number of amides is 1. The first-order chi connectivity index (χ1) is 16.8. The zero-order valence-corrected chi connectivity index (χ0v) is 19.7. The second-order valence-corrected chi connectivity index (χ2v) is 7.62. The molecule has 0 fully saturated rings. The van der Waals surface area contributed by atoms with Crippen LogP contribution in [0.3, 0.4) is 0 Å². The molecule has 0 bridgehead atoms. The Morgan fingerprint density at radius 1 is 0.914 bits per heavy atom. The minimum atomic E-state index is -0.737. The zero-order chi connectivity index (χ0) is 25.4. The summed E-state index contributed by atoms with van der Waals surface area (Å²) in [4.78, 5) is 48.1. The summed E-state index contributed by atoms with van der Waals surface area (Å²) >= 11 is 0. The number of Topliss-reactive ketones (excluding diaryl/α,β-unsaturated/α-hetero) is 1. The van der Waals surface area contributed by atoms with Gasteiger partial charge in [0, 0.05) is 22.6 Å². The lowest BCUT2D eigenvalue weighted by Gasteiger charge is -2.11. The minimum Gasteiger partial charge on any atom is -0.484 e. The van der Waals surface area contributed by atoms with E-state index in [4.69, 9.17) is 14.2 Å². The van der Waals surface area contributed by atoms with Crippen molar-refractivity contribution in [3.63, 3.8) is 0 Å². The van der Waals surface area contributed by atoms with Gasteiger partial charge in [-0.2, -0.15) is 0 Å². The Balaban J connectivity index is 1.52. The average molecular weight is 479 g/mol. The van der Waals surface area contributed by atoms with E-state index in [1.165, 1.54) is 7.11 Å². The van der Waals surface area contributed by atoms with Gasteiger partial charge in [-0.1, -0.05) is 18.2 Å². The summed E-state index contributed by atoms with van der Waals surface area (Å²) in [6.45, 7) is 2.54. The molecule has 0 saturated heterocycles. The number of esters is 2. The molecule has 0 atom stereocenters. The second kappa shape index (κ2) is 11.6. The van der Waals surface area contributed by atoms with Gasteiger partial charge in [-0.05, 0) is 56.3 Å². The summed E-state index contributed by atoms with van der Waals surface area (Å²) in [7, 11) is 1.32. The second-order valence-electron chi connectivity index (χ2n) is 7.62. The third-order valence-electron chi connectivity index (χ3n) is 5.19. The highest BCUT2D eigenvalue weighted by atomic mass is 16.5. The molecular formula is C26H26N2O7. The van der Waals surface area contributed by atoms with Gasteiger partial charge in [-0.25, -0.2) is 4.79 Å². The van der Waals surface area contributed by atoms with Crippen molar-refractivity contribution in [1.82, 2.24) is 9.88 Å². The van der Waals surface area contributed by atoms with Crippen LogP contribution in [0, 0.1) is 13.8 Å². The smallest absolute Gasteiger partial charge is 0.337 e. The summed E-state index contributed by atoms with van der Waals surface area (Å²) in [6.07, 6.45) is 0. The number of rotatable bonds is 10. The topological polar surface area (TPSA) is 113 Å². The Bertz CT molecular complexity index is 1210. The Morgan fingerprint density at radius 2 is 1.60 bits per heavy atom. The molecule has 0 spiro atoms. The quantitative estimate of drug-likeness (QED) is 0.352. The molecule has 2 aromatic carbocycles. The van der Waals surface area contributed by atoms with E-state index >= 15 is 0 Å². The van der Waals surface area contributed by atoms with Crippen LogP contribution >= 0.6 is 0 Å². The number of hydrogen-bond acceptors (Lipinski definition) is 7. The lowest BCUT2D eigenvalue weighted by molar-refractivity contribution is -0.143. The van der Waals surface area contributed by atoms with E-state index in [0.29, 0.717) is 22.6 Å². The number of nitrogens with one attached hydrogen (secondary N) is 1. The molecule has 9 nitrogen and oxygen atoms in total. The van der Waals surface area contributed by atoms with E-state index < -0.39 is 24.5 Å². The Kier molecular flexibility index (Phi) is 8.39. The molecule has 0 aliphatic heterocycles. The van der Waals surface area contributed by atoms with Gasteiger partial charge in [-0.15, -0.1) is 0 Å². The van der Waals surface area contributed by atoms with E-state index in [-0.39, 0.29) is 18.9 Å². The molecule has 0 aliphatic rings. The standard InChI is InChI=1S/C26H26N2O7/c1-17-13-22(18(2)28(17)20-11-9-19(10-12-20)26(32)33-3)23(29)15-35-25(31)14-27-24(30)16-34-21-7-5-4-6-8-21/h4-13H,14-16H2,1-3H3,(H,27,30). The molecule has 0 unspecified atom stereocenters. The monoisotopic (exact) mass is 478 g/mol. The Hall–Kier alpha value is -4.40. The third kappa shape index (κ3) is 6.57. The van der Waals surface area contributed by atoms with Crippen LogP contribution in [0.15, 0.2) is 60.7 Å². The van der Waals surface area contributed by atoms with Crippen LogP contribution in [-0.2, 0) is 19.1 Å². The average Bonchev–Trinajstić information content (AvgIpc) is 3.18. The van der Waals surface area contributed by atoms with Crippen molar-refractivity contribution < 1.29 is 33.4 Å². The van der Waals surface area contributed by atoms with Crippen LogP contribution in [0.2, 0.25) is 0 Å². The van der Waals surface area contributed by atoms with E-state index in [2.05, 4.69) is 5.32 Å². The van der Waals surface area contributed by atoms with Gasteiger partial charge in [0.25, 0.3) is 5.91 Å².